The third-order valence-electron chi connectivity index (χ3n) is 4.60. The van der Waals surface area contributed by atoms with Crippen LogP contribution >= 0.6 is 11.3 Å². The molecule has 0 unspecified atom stereocenters. The number of hydrogen-bond donors (Lipinski definition) is 1. The molecule has 29 heavy (non-hydrogen) atoms. The van der Waals surface area contributed by atoms with E-state index in [2.05, 4.69) is 55.3 Å². The first-order valence-electron chi connectivity index (χ1n) is 9.34. The predicted octanol–water partition coefficient (Wildman–Crippen LogP) is 5.49. The number of hydrogen-bond acceptors (Lipinski definition) is 5. The van der Waals surface area contributed by atoms with E-state index in [1.807, 2.05) is 23.6 Å². The summed E-state index contributed by atoms with van der Waals surface area (Å²) in [6, 6.07) is 13.9. The lowest BCUT2D eigenvalue weighted by atomic mass is 9.86. The summed E-state index contributed by atoms with van der Waals surface area (Å²) in [4.78, 5) is 16.8. The maximum absolute atomic E-state index is 12.2. The molecule has 1 aromatic heterocycles. The molecule has 0 spiro atoms. The van der Waals surface area contributed by atoms with E-state index in [0.29, 0.717) is 10.9 Å². The van der Waals surface area contributed by atoms with Crippen molar-refractivity contribution < 1.29 is 14.3 Å². The van der Waals surface area contributed by atoms with Crippen molar-refractivity contribution in [1.29, 1.82) is 0 Å². The van der Waals surface area contributed by atoms with Crippen molar-refractivity contribution >= 4 is 28.5 Å². The van der Waals surface area contributed by atoms with E-state index in [9.17, 15) is 4.79 Å². The van der Waals surface area contributed by atoms with Gasteiger partial charge in [0.05, 0.1) is 5.69 Å². The lowest BCUT2D eigenvalue weighted by molar-refractivity contribution is -0.111. The van der Waals surface area contributed by atoms with Gasteiger partial charge in [0.25, 0.3) is 0 Å². The van der Waals surface area contributed by atoms with Gasteiger partial charge in [-0.1, -0.05) is 51.1 Å². The summed E-state index contributed by atoms with van der Waals surface area (Å²) < 4.78 is 10.6. The molecule has 3 aromatic rings. The van der Waals surface area contributed by atoms with Gasteiger partial charge < -0.3 is 9.47 Å². The molecule has 0 radical (unpaired) electrons. The molecule has 4 rings (SSSR count). The van der Waals surface area contributed by atoms with Crippen molar-refractivity contribution in [3.63, 3.8) is 0 Å². The second kappa shape index (κ2) is 7.72. The van der Waals surface area contributed by atoms with Crippen LogP contribution in [0.2, 0.25) is 0 Å². The molecule has 0 saturated carbocycles. The van der Waals surface area contributed by atoms with Gasteiger partial charge in [0.2, 0.25) is 12.7 Å². The van der Waals surface area contributed by atoms with Gasteiger partial charge in [-0.05, 0) is 34.8 Å². The van der Waals surface area contributed by atoms with Crippen LogP contribution in [0.4, 0.5) is 5.13 Å². The van der Waals surface area contributed by atoms with E-state index < -0.39 is 0 Å². The van der Waals surface area contributed by atoms with E-state index in [-0.39, 0.29) is 18.1 Å². The van der Waals surface area contributed by atoms with Gasteiger partial charge in [0, 0.05) is 17.0 Å². The van der Waals surface area contributed by atoms with Gasteiger partial charge in [-0.3, -0.25) is 10.1 Å². The van der Waals surface area contributed by atoms with Gasteiger partial charge in [0.1, 0.15) is 0 Å². The molecule has 0 aliphatic carbocycles. The largest absolute Gasteiger partial charge is 0.454 e. The quantitative estimate of drug-likeness (QED) is 0.582. The van der Waals surface area contributed by atoms with Gasteiger partial charge in [-0.2, -0.15) is 0 Å². The molecule has 1 aliphatic heterocycles. The highest BCUT2D eigenvalue weighted by atomic mass is 32.1. The van der Waals surface area contributed by atoms with Crippen LogP contribution in [0.5, 0.6) is 11.5 Å². The van der Waals surface area contributed by atoms with Gasteiger partial charge in [-0.25, -0.2) is 4.98 Å². The predicted molar refractivity (Wildman–Crippen MR) is 116 cm³/mol. The molecule has 2 aromatic carbocycles. The van der Waals surface area contributed by atoms with Crippen LogP contribution < -0.4 is 14.8 Å². The van der Waals surface area contributed by atoms with Crippen LogP contribution in [-0.2, 0) is 10.2 Å². The Labute approximate surface area is 174 Å². The number of fused-ring (bicyclic) bond motifs is 1. The SMILES string of the molecule is CC(C)(C)c1ccc(-c2csc(NC(=O)/C=C/c3ccc4c(c3)OCO4)n2)cc1. The number of carbonyl (C=O) groups is 1. The Bertz CT molecular complexity index is 1060. The molecule has 1 N–H and O–H groups in total. The lowest BCUT2D eigenvalue weighted by Gasteiger charge is -2.18. The van der Waals surface area contributed by atoms with Gasteiger partial charge in [-0.15, -0.1) is 11.3 Å². The number of amides is 1. The Balaban J connectivity index is 1.40. The highest BCUT2D eigenvalue weighted by Gasteiger charge is 2.14. The van der Waals surface area contributed by atoms with Crippen LogP contribution in [0.15, 0.2) is 53.9 Å². The summed E-state index contributed by atoms with van der Waals surface area (Å²) >= 11 is 1.41. The van der Waals surface area contributed by atoms with Crippen molar-refractivity contribution in [2.45, 2.75) is 26.2 Å². The molecule has 0 fully saturated rings. The van der Waals surface area contributed by atoms with E-state index in [1.165, 1.54) is 23.0 Å². The molecule has 5 nitrogen and oxygen atoms in total. The summed E-state index contributed by atoms with van der Waals surface area (Å²) in [6.45, 7) is 6.80. The normalized spacial score (nSPS) is 13.1. The molecular weight excluding hydrogens is 384 g/mol. The molecular formula is C23H22N2O3S. The highest BCUT2D eigenvalue weighted by Crippen LogP contribution is 2.33. The number of ether oxygens (including phenoxy) is 2. The monoisotopic (exact) mass is 406 g/mol. The zero-order chi connectivity index (χ0) is 20.4. The number of rotatable bonds is 4. The fourth-order valence-corrected chi connectivity index (χ4v) is 3.66. The summed E-state index contributed by atoms with van der Waals surface area (Å²) in [5.74, 6) is 1.18. The first-order chi connectivity index (χ1) is 13.9. The summed E-state index contributed by atoms with van der Waals surface area (Å²) in [5, 5.41) is 5.33. The van der Waals surface area contributed by atoms with Crippen LogP contribution in [-0.4, -0.2) is 17.7 Å². The lowest BCUT2D eigenvalue weighted by Crippen LogP contribution is -2.10. The minimum atomic E-state index is -0.230. The van der Waals surface area contributed by atoms with Crippen LogP contribution in [0.25, 0.3) is 17.3 Å². The van der Waals surface area contributed by atoms with Crippen LogP contribution in [0, 0.1) is 0 Å². The average Bonchev–Trinajstić information content (AvgIpc) is 3.34. The van der Waals surface area contributed by atoms with Crippen LogP contribution in [0.1, 0.15) is 31.9 Å². The number of aromatic nitrogens is 1. The Hall–Kier alpha value is -3.12. The fourth-order valence-electron chi connectivity index (χ4n) is 2.94. The Kier molecular flexibility index (Phi) is 5.11. The first-order valence-corrected chi connectivity index (χ1v) is 10.2. The van der Waals surface area contributed by atoms with Crippen molar-refractivity contribution in [2.75, 3.05) is 12.1 Å². The summed E-state index contributed by atoms with van der Waals surface area (Å²) in [5.41, 5.74) is 4.14. The third kappa shape index (κ3) is 4.49. The number of nitrogens with one attached hydrogen (secondary N) is 1. The number of carbonyl (C=O) groups excluding carboxylic acids is 1. The molecule has 1 amide bonds. The molecule has 2 heterocycles. The fraction of sp³-hybridized carbons (Fsp3) is 0.217. The maximum Gasteiger partial charge on any atom is 0.250 e. The third-order valence-corrected chi connectivity index (χ3v) is 5.36. The number of benzene rings is 2. The standard InChI is InChI=1S/C23H22N2O3S/c1-23(2,3)17-8-6-16(7-9-17)18-13-29-22(24-18)25-21(26)11-5-15-4-10-19-20(12-15)28-14-27-19/h4-13H,14H2,1-3H3,(H,24,25,26)/b11-5+. The van der Waals surface area contributed by atoms with E-state index in [0.717, 1.165) is 22.6 Å². The van der Waals surface area contributed by atoms with Gasteiger partial charge >= 0.3 is 0 Å². The van der Waals surface area contributed by atoms with E-state index >= 15 is 0 Å². The molecule has 6 heteroatoms. The van der Waals surface area contributed by atoms with E-state index in [1.54, 1.807) is 6.08 Å². The summed E-state index contributed by atoms with van der Waals surface area (Å²) in [7, 11) is 0. The smallest absolute Gasteiger partial charge is 0.250 e. The topological polar surface area (TPSA) is 60.5 Å². The Morgan fingerprint density at radius 2 is 1.86 bits per heavy atom. The first kappa shape index (κ1) is 19.2. The molecule has 1 aliphatic rings. The average molecular weight is 407 g/mol. The Morgan fingerprint density at radius 3 is 2.62 bits per heavy atom. The second-order valence-corrected chi connectivity index (χ2v) is 8.66. The summed E-state index contributed by atoms with van der Waals surface area (Å²) in [6.07, 6.45) is 3.22. The molecule has 0 atom stereocenters. The number of thiazole rings is 1. The van der Waals surface area contributed by atoms with E-state index in [4.69, 9.17) is 9.47 Å². The molecule has 148 valence electrons. The van der Waals surface area contributed by atoms with Crippen molar-refractivity contribution in [1.82, 2.24) is 4.98 Å². The number of nitrogens with zero attached hydrogens (tertiary/aromatic N) is 1. The molecule has 0 bridgehead atoms. The zero-order valence-electron chi connectivity index (χ0n) is 16.6. The van der Waals surface area contributed by atoms with Crippen molar-refractivity contribution in [2.24, 2.45) is 0 Å². The number of anilines is 1. The highest BCUT2D eigenvalue weighted by molar-refractivity contribution is 7.14. The van der Waals surface area contributed by atoms with Crippen molar-refractivity contribution in [3.05, 3.63) is 65.0 Å². The molecule has 0 saturated heterocycles. The zero-order valence-corrected chi connectivity index (χ0v) is 17.4. The van der Waals surface area contributed by atoms with Crippen LogP contribution in [0.3, 0.4) is 0 Å². The minimum absolute atomic E-state index is 0.115. The Morgan fingerprint density at radius 1 is 1.10 bits per heavy atom. The van der Waals surface area contributed by atoms with Gasteiger partial charge in [0.15, 0.2) is 16.6 Å². The minimum Gasteiger partial charge on any atom is -0.454 e. The van der Waals surface area contributed by atoms with Crippen molar-refractivity contribution in [3.8, 4) is 22.8 Å². The maximum atomic E-state index is 12.2. The second-order valence-electron chi connectivity index (χ2n) is 7.80.